The zero-order valence-electron chi connectivity index (χ0n) is 14.7. The van der Waals surface area contributed by atoms with E-state index in [9.17, 15) is 9.18 Å². The average molecular weight is 343 g/mol. The van der Waals surface area contributed by atoms with Crippen molar-refractivity contribution >= 4 is 18.1 Å². The van der Waals surface area contributed by atoms with Crippen molar-refractivity contribution in [2.75, 3.05) is 0 Å². The maximum absolute atomic E-state index is 12.4. The van der Waals surface area contributed by atoms with Crippen molar-refractivity contribution in [2.24, 2.45) is 11.7 Å². The van der Waals surface area contributed by atoms with Gasteiger partial charge in [0, 0.05) is 5.92 Å². The number of fused-ring (bicyclic) bond motifs is 1. The molecule has 0 bridgehead atoms. The number of aryl methyl sites for hydroxylation is 1. The van der Waals surface area contributed by atoms with Gasteiger partial charge in [-0.15, -0.1) is 6.58 Å². The first-order chi connectivity index (χ1) is 12.1. The van der Waals surface area contributed by atoms with E-state index in [-0.39, 0.29) is 17.7 Å². The number of nitrogens with two attached hydrogens (primary N) is 1. The van der Waals surface area contributed by atoms with Crippen LogP contribution >= 0.6 is 0 Å². The number of unbranched alkanes of at least 4 members (excludes halogenated alkanes) is 2. The monoisotopic (exact) mass is 343 g/mol. The predicted molar refractivity (Wildman–Crippen MR) is 98.5 cm³/mol. The fourth-order valence-electron chi connectivity index (χ4n) is 3.02. The van der Waals surface area contributed by atoms with Crippen molar-refractivity contribution in [3.63, 3.8) is 0 Å². The third-order valence-corrected chi connectivity index (χ3v) is 4.48. The summed E-state index contributed by atoms with van der Waals surface area (Å²) in [7, 11) is 0. The fraction of sp³-hybridized carbons (Fsp3) is 0.450. The van der Waals surface area contributed by atoms with Crippen molar-refractivity contribution < 1.29 is 9.18 Å². The fourth-order valence-corrected chi connectivity index (χ4v) is 3.02. The molecule has 1 heterocycles. The van der Waals surface area contributed by atoms with Gasteiger partial charge in [0.25, 0.3) is 0 Å². The molecule has 0 radical (unpaired) electrons. The first-order valence-corrected chi connectivity index (χ1v) is 8.86. The molecule has 0 saturated heterocycles. The highest BCUT2D eigenvalue weighted by atomic mass is 19.1. The van der Waals surface area contributed by atoms with Gasteiger partial charge in [-0.2, -0.15) is 0 Å². The molecule has 0 aliphatic heterocycles. The van der Waals surface area contributed by atoms with Crippen LogP contribution in [0.4, 0.5) is 4.39 Å². The van der Waals surface area contributed by atoms with Crippen LogP contribution in [0.3, 0.4) is 0 Å². The van der Waals surface area contributed by atoms with Gasteiger partial charge in [-0.05, 0) is 31.8 Å². The summed E-state index contributed by atoms with van der Waals surface area (Å²) in [6.07, 6.45) is 12.6. The first kappa shape index (κ1) is 19.0. The second-order valence-corrected chi connectivity index (χ2v) is 6.34. The molecular formula is C20H26FN3O. The second kappa shape index (κ2) is 9.25. The third kappa shape index (κ3) is 4.84. The number of nitrogens with zero attached hydrogens (tertiary/aromatic N) is 2. The highest BCUT2D eigenvalue weighted by Crippen LogP contribution is 2.22. The molecule has 2 N–H and O–H groups in total. The summed E-state index contributed by atoms with van der Waals surface area (Å²) in [5.74, 6) is -0.762. The number of aromatic nitrogens is 2. The van der Waals surface area contributed by atoms with Gasteiger partial charge in [0.15, 0.2) is 0 Å². The Morgan fingerprint density at radius 1 is 1.44 bits per heavy atom. The Hall–Kier alpha value is -2.30. The summed E-state index contributed by atoms with van der Waals surface area (Å²) < 4.78 is 12.4. The van der Waals surface area contributed by atoms with E-state index < -0.39 is 0 Å². The Morgan fingerprint density at radius 3 is 2.88 bits per heavy atom. The number of hydrogen-bond donors (Lipinski definition) is 1. The van der Waals surface area contributed by atoms with Gasteiger partial charge in [0.1, 0.15) is 0 Å². The molecule has 2 atom stereocenters. The predicted octanol–water partition coefficient (Wildman–Crippen LogP) is 2.42. The van der Waals surface area contributed by atoms with Crippen molar-refractivity contribution in [2.45, 2.75) is 51.4 Å². The van der Waals surface area contributed by atoms with Crippen molar-refractivity contribution in [3.05, 3.63) is 47.1 Å². The number of rotatable bonds is 9. The lowest BCUT2D eigenvalue weighted by Gasteiger charge is -2.16. The minimum Gasteiger partial charge on any atom is -0.369 e. The number of amides is 1. The Morgan fingerprint density at radius 2 is 2.24 bits per heavy atom. The number of halogens is 1. The summed E-state index contributed by atoms with van der Waals surface area (Å²) in [6, 6.07) is 0. The molecule has 0 saturated carbocycles. The lowest BCUT2D eigenvalue weighted by atomic mass is 9.95. The van der Waals surface area contributed by atoms with Crippen molar-refractivity contribution in [1.29, 1.82) is 0 Å². The van der Waals surface area contributed by atoms with E-state index in [0.29, 0.717) is 24.5 Å². The molecule has 4 nitrogen and oxygen atoms in total. The molecule has 5 heteroatoms. The van der Waals surface area contributed by atoms with Crippen molar-refractivity contribution in [1.82, 2.24) is 9.97 Å². The van der Waals surface area contributed by atoms with Crippen LogP contribution in [0.15, 0.2) is 25.1 Å². The molecule has 25 heavy (non-hydrogen) atoms. The van der Waals surface area contributed by atoms with Crippen LogP contribution in [0.5, 0.6) is 0 Å². The summed E-state index contributed by atoms with van der Waals surface area (Å²) in [6.45, 7) is 6.02. The van der Waals surface area contributed by atoms with Crippen molar-refractivity contribution in [3.8, 4) is 0 Å². The summed E-state index contributed by atoms with van der Waals surface area (Å²) in [4.78, 5) is 21.0. The summed E-state index contributed by atoms with van der Waals surface area (Å²) in [5.41, 5.74) is 7.17. The largest absolute Gasteiger partial charge is 0.369 e. The number of primary amides is 1. The smallest absolute Gasteiger partial charge is 0.224 e. The molecule has 0 aromatic carbocycles. The number of allylic oxidation sites excluding steroid dienone is 2. The van der Waals surface area contributed by atoms with Gasteiger partial charge in [0.2, 0.25) is 5.91 Å². The van der Waals surface area contributed by atoms with Gasteiger partial charge in [0.05, 0.1) is 34.3 Å². The van der Waals surface area contributed by atoms with E-state index in [1.807, 2.05) is 12.2 Å². The van der Waals surface area contributed by atoms with Gasteiger partial charge >= 0.3 is 0 Å². The van der Waals surface area contributed by atoms with Crippen LogP contribution < -0.4 is 16.4 Å². The van der Waals surface area contributed by atoms with Crippen LogP contribution in [0.25, 0.3) is 12.2 Å². The van der Waals surface area contributed by atoms with Gasteiger partial charge in [-0.25, -0.2) is 14.4 Å². The molecule has 2 unspecified atom stereocenters. The highest BCUT2D eigenvalue weighted by molar-refractivity contribution is 5.83. The third-order valence-electron chi connectivity index (χ3n) is 4.48. The Kier molecular flexibility index (Phi) is 7.04. The minimum atomic E-state index is -0.350. The molecule has 0 spiro atoms. The molecule has 1 aromatic rings. The molecule has 1 aliphatic rings. The molecule has 0 fully saturated rings. The zero-order valence-corrected chi connectivity index (χ0v) is 14.7. The maximum atomic E-state index is 12.4. The van der Waals surface area contributed by atoms with Gasteiger partial charge < -0.3 is 5.73 Å². The van der Waals surface area contributed by atoms with E-state index in [1.165, 1.54) is 6.08 Å². The molecule has 1 amide bonds. The van der Waals surface area contributed by atoms with E-state index in [4.69, 9.17) is 15.7 Å². The summed E-state index contributed by atoms with van der Waals surface area (Å²) >= 11 is 0. The van der Waals surface area contributed by atoms with E-state index in [0.717, 1.165) is 42.4 Å². The lowest BCUT2D eigenvalue weighted by Crippen LogP contribution is -2.39. The maximum Gasteiger partial charge on any atom is 0.224 e. The highest BCUT2D eigenvalue weighted by Gasteiger charge is 2.19. The normalized spacial score (nSPS) is 17.4. The Labute approximate surface area is 148 Å². The van der Waals surface area contributed by atoms with Gasteiger partial charge in [-0.3, -0.25) is 4.79 Å². The lowest BCUT2D eigenvalue weighted by molar-refractivity contribution is -0.119. The van der Waals surface area contributed by atoms with Crippen LogP contribution in [0.2, 0.25) is 0 Å². The standard InChI is InChI=1S/C20H26FN3O/c1-3-5-6-9-17-19(14(4-2)8-7-12-21)24-16-11-10-15(20(22)25)13-18(16)23-17/h4,7,11-15H,2-3,5-6,8-10H2,1H3,(H2,22,25)/b12-7+. The minimum absolute atomic E-state index is 0.0799. The SMILES string of the molecule is C=CC(C/C=C/F)c1nc2c(nc1CCCCC)=CC(C(N)=O)CC=2. The number of hydrogen-bond acceptors (Lipinski definition) is 3. The van der Waals surface area contributed by atoms with Crippen LogP contribution in [0.1, 0.15) is 56.3 Å². The second-order valence-electron chi connectivity index (χ2n) is 6.34. The molecular weight excluding hydrogens is 317 g/mol. The Balaban J connectivity index is 2.48. The van der Waals surface area contributed by atoms with Crippen LogP contribution in [-0.4, -0.2) is 15.9 Å². The molecule has 1 aromatic heterocycles. The van der Waals surface area contributed by atoms with Crippen LogP contribution in [0, 0.1) is 5.92 Å². The van der Waals surface area contributed by atoms with E-state index in [2.05, 4.69) is 13.5 Å². The Bertz CT molecular complexity index is 770. The number of carbonyl (C=O) groups is 1. The summed E-state index contributed by atoms with van der Waals surface area (Å²) in [5, 5.41) is 1.48. The topological polar surface area (TPSA) is 68.9 Å². The first-order valence-electron chi connectivity index (χ1n) is 8.86. The quantitative estimate of drug-likeness (QED) is 0.553. The average Bonchev–Trinajstić information content (AvgIpc) is 2.62. The molecule has 1 aliphatic carbocycles. The van der Waals surface area contributed by atoms with Crippen LogP contribution in [-0.2, 0) is 11.2 Å². The number of carbonyl (C=O) groups excluding carboxylic acids is 1. The van der Waals surface area contributed by atoms with E-state index in [1.54, 1.807) is 6.08 Å². The van der Waals surface area contributed by atoms with Gasteiger partial charge in [-0.1, -0.05) is 38.0 Å². The zero-order chi connectivity index (χ0) is 18.2. The van der Waals surface area contributed by atoms with E-state index >= 15 is 0 Å². The molecule has 134 valence electrons. The molecule has 2 rings (SSSR count).